The zero-order chi connectivity index (χ0) is 25.9. The Morgan fingerprint density at radius 2 is 1.21 bits per heavy atom. The molecule has 3 heteroatoms. The van der Waals surface area contributed by atoms with Crippen molar-refractivity contribution in [1.82, 2.24) is 9.47 Å². The van der Waals surface area contributed by atoms with E-state index in [4.69, 9.17) is 5.73 Å². The average Bonchev–Trinajstić information content (AvgIpc) is 3.32. The molecule has 184 valence electrons. The summed E-state index contributed by atoms with van der Waals surface area (Å²) in [7, 11) is 2.03. The molecule has 0 saturated carbocycles. The molecule has 0 spiro atoms. The number of para-hydroxylation sites is 2. The largest absolute Gasteiger partial charge is 0.348 e. The van der Waals surface area contributed by atoms with Crippen LogP contribution in [0.3, 0.4) is 0 Å². The van der Waals surface area contributed by atoms with Gasteiger partial charge in [0.2, 0.25) is 0 Å². The van der Waals surface area contributed by atoms with Gasteiger partial charge in [0.05, 0.1) is 16.7 Å². The number of nitrogens with two attached hydrogens (primary N) is 1. The highest BCUT2D eigenvalue weighted by Gasteiger charge is 2.17. The molecule has 0 saturated heterocycles. The molecule has 0 aliphatic rings. The number of rotatable bonds is 6. The average molecular weight is 492 g/mol. The van der Waals surface area contributed by atoms with Crippen molar-refractivity contribution in [3.63, 3.8) is 0 Å². The Bertz CT molecular complexity index is 1700. The van der Waals surface area contributed by atoms with Crippen LogP contribution in [0.15, 0.2) is 139 Å². The van der Waals surface area contributed by atoms with Gasteiger partial charge in [0.1, 0.15) is 6.17 Å². The summed E-state index contributed by atoms with van der Waals surface area (Å²) in [4.78, 5) is 2.09. The Labute approximate surface area is 223 Å². The molecule has 1 atom stereocenters. The lowest BCUT2D eigenvalue weighted by Crippen LogP contribution is -2.29. The van der Waals surface area contributed by atoms with Crippen LogP contribution in [0.25, 0.3) is 39.3 Å². The molecule has 0 bridgehead atoms. The van der Waals surface area contributed by atoms with E-state index in [0.29, 0.717) is 0 Å². The summed E-state index contributed by atoms with van der Waals surface area (Å²) in [5.74, 6) is 0. The van der Waals surface area contributed by atoms with Gasteiger partial charge in [-0.3, -0.25) is 0 Å². The van der Waals surface area contributed by atoms with Gasteiger partial charge in [-0.2, -0.15) is 0 Å². The maximum absolute atomic E-state index is 6.84. The van der Waals surface area contributed by atoms with Crippen LogP contribution in [-0.4, -0.2) is 16.5 Å². The van der Waals surface area contributed by atoms with Crippen LogP contribution in [0.4, 0.5) is 0 Å². The molecule has 3 nitrogen and oxygen atoms in total. The maximum Gasteiger partial charge on any atom is 0.103 e. The van der Waals surface area contributed by atoms with Crippen LogP contribution >= 0.6 is 0 Å². The van der Waals surface area contributed by atoms with Crippen LogP contribution < -0.4 is 5.73 Å². The summed E-state index contributed by atoms with van der Waals surface area (Å²) in [6.07, 6.45) is 1.67. The number of benzene rings is 5. The van der Waals surface area contributed by atoms with Crippen molar-refractivity contribution in [3.8, 4) is 5.69 Å². The second-order valence-corrected chi connectivity index (χ2v) is 9.43. The summed E-state index contributed by atoms with van der Waals surface area (Å²) in [6, 6.07) is 46.2. The minimum Gasteiger partial charge on any atom is -0.348 e. The van der Waals surface area contributed by atoms with Crippen molar-refractivity contribution >= 4 is 33.6 Å². The predicted octanol–water partition coefficient (Wildman–Crippen LogP) is 8.03. The maximum atomic E-state index is 6.84. The summed E-state index contributed by atoms with van der Waals surface area (Å²) in [6.45, 7) is 0. The van der Waals surface area contributed by atoms with Crippen LogP contribution in [0.5, 0.6) is 0 Å². The molecular formula is C35H29N3. The van der Waals surface area contributed by atoms with Gasteiger partial charge in [0.25, 0.3) is 0 Å². The third kappa shape index (κ3) is 4.42. The minimum absolute atomic E-state index is 0.339. The third-order valence-corrected chi connectivity index (χ3v) is 7.07. The van der Waals surface area contributed by atoms with Crippen LogP contribution in [0.2, 0.25) is 0 Å². The first-order valence-corrected chi connectivity index (χ1v) is 12.8. The molecule has 0 amide bonds. The van der Waals surface area contributed by atoms with Crippen molar-refractivity contribution in [2.45, 2.75) is 6.17 Å². The van der Waals surface area contributed by atoms with E-state index in [1.54, 1.807) is 0 Å². The Kier molecular flexibility index (Phi) is 6.37. The van der Waals surface area contributed by atoms with Crippen molar-refractivity contribution in [3.05, 3.63) is 156 Å². The molecule has 0 aliphatic heterocycles. The molecule has 2 N–H and O–H groups in total. The zero-order valence-corrected chi connectivity index (χ0v) is 21.3. The molecule has 38 heavy (non-hydrogen) atoms. The predicted molar refractivity (Wildman–Crippen MR) is 160 cm³/mol. The molecule has 5 aromatic carbocycles. The normalized spacial score (nSPS) is 11.7. The molecule has 1 heterocycles. The third-order valence-electron chi connectivity index (χ3n) is 7.07. The molecule has 6 aromatic rings. The lowest BCUT2D eigenvalue weighted by Gasteiger charge is -2.28. The Morgan fingerprint density at radius 1 is 0.684 bits per heavy atom. The van der Waals surface area contributed by atoms with E-state index in [1.807, 2.05) is 49.5 Å². The SMILES string of the molecule is CN(C(=C=Cc1ccccc1)c1ccccc1)C(N)c1ccc(-n2c3ccccc3c3ccccc32)cc1. The first kappa shape index (κ1) is 23.6. The second-order valence-electron chi connectivity index (χ2n) is 9.43. The highest BCUT2D eigenvalue weighted by molar-refractivity contribution is 6.09. The summed E-state index contributed by atoms with van der Waals surface area (Å²) in [5, 5.41) is 2.51. The van der Waals surface area contributed by atoms with E-state index in [2.05, 4.69) is 112 Å². The molecular weight excluding hydrogens is 462 g/mol. The molecule has 0 radical (unpaired) electrons. The standard InChI is InChI=1S/C35H29N3/c1-37(32(27-14-6-3-7-15-27)25-20-26-12-4-2-5-13-26)35(36)28-21-23-29(24-22-28)38-33-18-10-8-16-30(33)31-17-9-11-19-34(31)38/h2-24,35H,36H2,1H3. The van der Waals surface area contributed by atoms with Gasteiger partial charge in [-0.1, -0.05) is 115 Å². The minimum atomic E-state index is -0.339. The fraction of sp³-hybridized carbons (Fsp3) is 0.0571. The van der Waals surface area contributed by atoms with Crippen molar-refractivity contribution in [2.75, 3.05) is 7.05 Å². The van der Waals surface area contributed by atoms with Crippen molar-refractivity contribution in [1.29, 1.82) is 0 Å². The lowest BCUT2D eigenvalue weighted by molar-refractivity contribution is 0.366. The van der Waals surface area contributed by atoms with E-state index in [0.717, 1.165) is 28.1 Å². The molecule has 0 aliphatic carbocycles. The van der Waals surface area contributed by atoms with Crippen LogP contribution in [0.1, 0.15) is 22.9 Å². The first-order chi connectivity index (χ1) is 18.7. The quantitative estimate of drug-likeness (QED) is 0.189. The first-order valence-electron chi connectivity index (χ1n) is 12.8. The van der Waals surface area contributed by atoms with Gasteiger partial charge < -0.3 is 15.2 Å². The second kappa shape index (κ2) is 10.3. The lowest BCUT2D eigenvalue weighted by atomic mass is 10.1. The van der Waals surface area contributed by atoms with E-state index in [-0.39, 0.29) is 6.17 Å². The topological polar surface area (TPSA) is 34.2 Å². The molecule has 1 aromatic heterocycles. The monoisotopic (exact) mass is 491 g/mol. The number of fused-ring (bicyclic) bond motifs is 3. The van der Waals surface area contributed by atoms with Crippen molar-refractivity contribution < 1.29 is 0 Å². The van der Waals surface area contributed by atoms with Gasteiger partial charge in [-0.05, 0) is 41.5 Å². The Morgan fingerprint density at radius 3 is 1.82 bits per heavy atom. The number of nitrogens with zero attached hydrogens (tertiary/aromatic N) is 2. The highest BCUT2D eigenvalue weighted by Crippen LogP contribution is 2.32. The van der Waals surface area contributed by atoms with Crippen molar-refractivity contribution in [2.24, 2.45) is 5.73 Å². The fourth-order valence-electron chi connectivity index (χ4n) is 5.07. The van der Waals surface area contributed by atoms with Gasteiger partial charge in [0, 0.05) is 29.1 Å². The number of aromatic nitrogens is 1. The summed E-state index contributed by atoms with van der Waals surface area (Å²) in [5.41, 5.74) is 18.0. The van der Waals surface area contributed by atoms with Gasteiger partial charge in [-0.15, -0.1) is 0 Å². The molecule has 6 rings (SSSR count). The zero-order valence-electron chi connectivity index (χ0n) is 21.3. The molecule has 0 fully saturated rings. The van der Waals surface area contributed by atoms with E-state index in [9.17, 15) is 0 Å². The summed E-state index contributed by atoms with van der Waals surface area (Å²) < 4.78 is 2.32. The van der Waals surface area contributed by atoms with Gasteiger partial charge >= 0.3 is 0 Å². The van der Waals surface area contributed by atoms with Gasteiger partial charge in [0.15, 0.2) is 0 Å². The van der Waals surface area contributed by atoms with Crippen LogP contribution in [-0.2, 0) is 0 Å². The number of hydrogen-bond acceptors (Lipinski definition) is 2. The Balaban J connectivity index is 1.37. The smallest absolute Gasteiger partial charge is 0.103 e. The van der Waals surface area contributed by atoms with E-state index >= 15 is 0 Å². The molecule has 1 unspecified atom stereocenters. The Hall–Kier alpha value is -4.82. The van der Waals surface area contributed by atoms with Crippen LogP contribution in [0, 0.1) is 0 Å². The van der Waals surface area contributed by atoms with E-state index < -0.39 is 0 Å². The number of hydrogen-bond donors (Lipinski definition) is 1. The van der Waals surface area contributed by atoms with E-state index in [1.165, 1.54) is 21.8 Å². The fourth-order valence-corrected chi connectivity index (χ4v) is 5.07. The highest BCUT2D eigenvalue weighted by atomic mass is 15.2. The van der Waals surface area contributed by atoms with Gasteiger partial charge in [-0.25, -0.2) is 0 Å². The summed E-state index contributed by atoms with van der Waals surface area (Å²) >= 11 is 0.